The summed E-state index contributed by atoms with van der Waals surface area (Å²) < 4.78 is 4.92. The van der Waals surface area contributed by atoms with Gasteiger partial charge in [0.05, 0.1) is 23.3 Å². The molecule has 8 heteroatoms. The highest BCUT2D eigenvalue weighted by Gasteiger charge is 2.29. The smallest absolute Gasteiger partial charge is 0.273 e. The van der Waals surface area contributed by atoms with E-state index in [2.05, 4.69) is 10.9 Å². The number of piperidine rings is 1. The zero-order valence-electron chi connectivity index (χ0n) is 14.0. The predicted molar refractivity (Wildman–Crippen MR) is 91.1 cm³/mol. The lowest BCUT2D eigenvalue weighted by Gasteiger charge is -2.31. The van der Waals surface area contributed by atoms with Crippen molar-refractivity contribution in [2.75, 3.05) is 13.1 Å². The van der Waals surface area contributed by atoms with Crippen LogP contribution in [-0.2, 0) is 4.79 Å². The predicted octanol–water partition coefficient (Wildman–Crippen LogP) is 1.30. The van der Waals surface area contributed by atoms with E-state index in [1.807, 2.05) is 0 Å². The number of nitrogens with zero attached hydrogens (tertiary/aromatic N) is 1. The molecule has 3 rings (SSSR count). The molecule has 1 saturated heterocycles. The van der Waals surface area contributed by atoms with Gasteiger partial charge < -0.3 is 14.4 Å². The van der Waals surface area contributed by atoms with Crippen LogP contribution in [0.4, 0.5) is 0 Å². The molecule has 1 aromatic carbocycles. The first-order valence-electron chi connectivity index (χ1n) is 8.26. The summed E-state index contributed by atoms with van der Waals surface area (Å²) in [6, 6.07) is 7.62. The van der Waals surface area contributed by atoms with Gasteiger partial charge in [-0.25, -0.2) is 0 Å². The van der Waals surface area contributed by atoms with Crippen molar-refractivity contribution in [3.8, 4) is 5.75 Å². The van der Waals surface area contributed by atoms with Gasteiger partial charge in [0, 0.05) is 13.1 Å². The number of hydrogen-bond donors (Lipinski definition) is 3. The van der Waals surface area contributed by atoms with Crippen LogP contribution < -0.4 is 10.9 Å². The van der Waals surface area contributed by atoms with Crippen molar-refractivity contribution < 1.29 is 23.9 Å². The number of hydrogen-bond acceptors (Lipinski definition) is 5. The summed E-state index contributed by atoms with van der Waals surface area (Å²) in [7, 11) is 0. The third kappa shape index (κ3) is 3.85. The van der Waals surface area contributed by atoms with Gasteiger partial charge in [-0.05, 0) is 31.0 Å². The van der Waals surface area contributed by atoms with Crippen LogP contribution in [-0.4, -0.2) is 40.8 Å². The largest absolute Gasteiger partial charge is 0.507 e. The molecular formula is C18H19N3O5. The molecule has 136 valence electrons. The van der Waals surface area contributed by atoms with Gasteiger partial charge in [0.25, 0.3) is 11.8 Å². The number of phenolic OH excluding ortho intramolecular Hbond substituents is 1. The zero-order chi connectivity index (χ0) is 18.5. The molecule has 0 saturated carbocycles. The second-order valence-electron chi connectivity index (χ2n) is 6.06. The summed E-state index contributed by atoms with van der Waals surface area (Å²) >= 11 is 0. The molecule has 0 radical (unpaired) electrons. The fourth-order valence-electron chi connectivity index (χ4n) is 2.90. The molecule has 1 fully saturated rings. The van der Waals surface area contributed by atoms with Crippen molar-refractivity contribution in [3.05, 3.63) is 54.0 Å². The molecule has 1 atom stereocenters. The third-order valence-corrected chi connectivity index (χ3v) is 4.30. The van der Waals surface area contributed by atoms with Gasteiger partial charge in [-0.15, -0.1) is 0 Å². The number of para-hydroxylation sites is 1. The number of nitrogens with one attached hydrogen (secondary N) is 2. The monoisotopic (exact) mass is 357 g/mol. The van der Waals surface area contributed by atoms with Gasteiger partial charge in [0.15, 0.2) is 0 Å². The fraction of sp³-hybridized carbons (Fsp3) is 0.278. The summed E-state index contributed by atoms with van der Waals surface area (Å²) in [6.07, 6.45) is 4.11. The molecule has 1 aliphatic rings. The highest BCUT2D eigenvalue weighted by atomic mass is 16.3. The molecule has 1 aromatic heterocycles. The standard InChI is InChI=1S/C18H19N3O5/c22-15-6-2-1-5-14(15)17(24)20-19-16(23)12-4-3-8-21(10-12)18(25)13-7-9-26-11-13/h1-2,5-7,9,11-12,22H,3-4,8,10H2,(H,19,23)(H,20,24)/t12-/m1/s1. The topological polar surface area (TPSA) is 112 Å². The van der Waals surface area contributed by atoms with E-state index in [0.29, 0.717) is 24.9 Å². The number of furan rings is 1. The number of benzene rings is 1. The molecule has 0 spiro atoms. The number of likely N-dealkylation sites (tertiary alicyclic amines) is 1. The minimum absolute atomic E-state index is 0.0632. The average molecular weight is 357 g/mol. The van der Waals surface area contributed by atoms with Crippen LogP contribution in [0.1, 0.15) is 33.6 Å². The SMILES string of the molecule is O=C(NNC(=O)[C@@H]1CCCN(C(=O)c2ccoc2)C1)c1ccccc1O. The van der Waals surface area contributed by atoms with Gasteiger partial charge in [-0.2, -0.15) is 0 Å². The molecule has 0 unspecified atom stereocenters. The number of amides is 3. The minimum Gasteiger partial charge on any atom is -0.507 e. The Labute approximate surface area is 149 Å². The Morgan fingerprint density at radius 3 is 2.69 bits per heavy atom. The summed E-state index contributed by atoms with van der Waals surface area (Å²) in [5.41, 5.74) is 5.16. The Hall–Kier alpha value is -3.29. The van der Waals surface area contributed by atoms with Gasteiger partial charge in [-0.1, -0.05) is 12.1 Å². The number of rotatable bonds is 3. The van der Waals surface area contributed by atoms with Crippen molar-refractivity contribution in [1.29, 1.82) is 0 Å². The Bertz CT molecular complexity index is 803. The number of hydrazine groups is 1. The van der Waals surface area contributed by atoms with Crippen molar-refractivity contribution in [1.82, 2.24) is 15.8 Å². The normalized spacial score (nSPS) is 16.8. The van der Waals surface area contributed by atoms with E-state index in [1.54, 1.807) is 23.1 Å². The molecule has 1 aliphatic heterocycles. The summed E-state index contributed by atoms with van der Waals surface area (Å²) in [4.78, 5) is 38.3. The zero-order valence-corrected chi connectivity index (χ0v) is 14.0. The minimum atomic E-state index is -0.612. The maximum absolute atomic E-state index is 12.4. The van der Waals surface area contributed by atoms with Crippen LogP contribution in [0.2, 0.25) is 0 Å². The van der Waals surface area contributed by atoms with Crippen LogP contribution in [0.25, 0.3) is 0 Å². The quantitative estimate of drug-likeness (QED) is 0.717. The van der Waals surface area contributed by atoms with Crippen LogP contribution in [0.15, 0.2) is 47.3 Å². The Morgan fingerprint density at radius 2 is 1.96 bits per heavy atom. The van der Waals surface area contributed by atoms with E-state index < -0.39 is 11.8 Å². The van der Waals surface area contributed by atoms with E-state index in [4.69, 9.17) is 4.42 Å². The van der Waals surface area contributed by atoms with E-state index >= 15 is 0 Å². The third-order valence-electron chi connectivity index (χ3n) is 4.30. The maximum atomic E-state index is 12.4. The number of carbonyl (C=O) groups excluding carboxylic acids is 3. The lowest BCUT2D eigenvalue weighted by atomic mass is 9.97. The number of phenols is 1. The van der Waals surface area contributed by atoms with Crippen LogP contribution in [0, 0.1) is 5.92 Å². The van der Waals surface area contributed by atoms with E-state index in [1.165, 1.54) is 24.7 Å². The molecule has 0 bridgehead atoms. The van der Waals surface area contributed by atoms with Crippen molar-refractivity contribution in [3.63, 3.8) is 0 Å². The van der Waals surface area contributed by atoms with E-state index in [-0.39, 0.29) is 29.7 Å². The van der Waals surface area contributed by atoms with Gasteiger partial charge in [-0.3, -0.25) is 25.2 Å². The highest BCUT2D eigenvalue weighted by molar-refractivity contribution is 5.98. The van der Waals surface area contributed by atoms with E-state index in [9.17, 15) is 19.5 Å². The summed E-state index contributed by atoms with van der Waals surface area (Å²) in [5, 5.41) is 9.66. The maximum Gasteiger partial charge on any atom is 0.273 e. The van der Waals surface area contributed by atoms with Crippen LogP contribution >= 0.6 is 0 Å². The Balaban J connectivity index is 1.55. The summed E-state index contributed by atoms with van der Waals surface area (Å²) in [5.74, 6) is -1.77. The lowest BCUT2D eigenvalue weighted by molar-refractivity contribution is -0.127. The van der Waals surface area contributed by atoms with Gasteiger partial charge in [0.1, 0.15) is 12.0 Å². The van der Waals surface area contributed by atoms with Crippen molar-refractivity contribution in [2.24, 2.45) is 5.92 Å². The molecule has 26 heavy (non-hydrogen) atoms. The molecule has 3 amide bonds. The Morgan fingerprint density at radius 1 is 1.15 bits per heavy atom. The van der Waals surface area contributed by atoms with Gasteiger partial charge in [0.2, 0.25) is 5.91 Å². The lowest BCUT2D eigenvalue weighted by Crippen LogP contribution is -2.50. The van der Waals surface area contributed by atoms with Crippen LogP contribution in [0.5, 0.6) is 5.75 Å². The second kappa shape index (κ2) is 7.73. The van der Waals surface area contributed by atoms with Crippen molar-refractivity contribution >= 4 is 17.7 Å². The average Bonchev–Trinajstić information content (AvgIpc) is 3.20. The number of carbonyl (C=O) groups is 3. The highest BCUT2D eigenvalue weighted by Crippen LogP contribution is 2.19. The summed E-state index contributed by atoms with van der Waals surface area (Å²) in [6.45, 7) is 0.834. The van der Waals surface area contributed by atoms with Gasteiger partial charge >= 0.3 is 0 Å². The molecule has 2 heterocycles. The number of aromatic hydroxyl groups is 1. The van der Waals surface area contributed by atoms with Crippen molar-refractivity contribution in [2.45, 2.75) is 12.8 Å². The van der Waals surface area contributed by atoms with E-state index in [0.717, 1.165) is 0 Å². The first kappa shape index (κ1) is 17.5. The molecular weight excluding hydrogens is 338 g/mol. The first-order chi connectivity index (χ1) is 12.6. The first-order valence-corrected chi connectivity index (χ1v) is 8.26. The molecule has 0 aliphatic carbocycles. The Kier molecular flexibility index (Phi) is 5.21. The molecule has 2 aromatic rings. The molecule has 3 N–H and O–H groups in total. The van der Waals surface area contributed by atoms with Crippen LogP contribution in [0.3, 0.4) is 0 Å². The second-order valence-corrected chi connectivity index (χ2v) is 6.06. The molecule has 8 nitrogen and oxygen atoms in total. The fourth-order valence-corrected chi connectivity index (χ4v) is 2.90.